The fourth-order valence-corrected chi connectivity index (χ4v) is 6.11. The molecule has 2 aliphatic heterocycles. The number of hydrogen-bond acceptors (Lipinski definition) is 6. The molecule has 0 atom stereocenters. The summed E-state index contributed by atoms with van der Waals surface area (Å²) in [6.07, 6.45) is 4.98. The van der Waals surface area contributed by atoms with Gasteiger partial charge in [0.2, 0.25) is 10.0 Å². The van der Waals surface area contributed by atoms with Crippen LogP contribution in [0, 0.1) is 11.3 Å². The SMILES string of the molecule is N#C/C(=C/c1cn(-c2ccccc2)nc1-c1cccc(S(=O)(=O)N2CCCC2)c1)C(=O)N1CCOCC1. The minimum Gasteiger partial charge on any atom is -0.378 e. The van der Waals surface area contributed by atoms with Crippen molar-refractivity contribution < 1.29 is 17.9 Å². The van der Waals surface area contributed by atoms with Gasteiger partial charge in [0.1, 0.15) is 17.3 Å². The van der Waals surface area contributed by atoms with Gasteiger partial charge in [-0.2, -0.15) is 14.7 Å². The summed E-state index contributed by atoms with van der Waals surface area (Å²) in [5, 5.41) is 14.6. The number of carbonyl (C=O) groups excluding carboxylic acids is 1. The van der Waals surface area contributed by atoms with Crippen LogP contribution in [0.2, 0.25) is 0 Å². The molecule has 37 heavy (non-hydrogen) atoms. The number of sulfonamides is 1. The van der Waals surface area contributed by atoms with Crippen molar-refractivity contribution in [1.29, 1.82) is 5.26 Å². The largest absolute Gasteiger partial charge is 0.378 e. The summed E-state index contributed by atoms with van der Waals surface area (Å²) in [6, 6.07) is 18.2. The molecule has 190 valence electrons. The molecular formula is C27H27N5O4S. The van der Waals surface area contributed by atoms with Crippen LogP contribution in [-0.4, -0.2) is 72.7 Å². The fourth-order valence-electron chi connectivity index (χ4n) is 4.55. The van der Waals surface area contributed by atoms with Crippen LogP contribution < -0.4 is 0 Å². The second kappa shape index (κ2) is 10.7. The molecule has 5 rings (SSSR count). The molecule has 1 aromatic heterocycles. The number of carbonyl (C=O) groups is 1. The van der Waals surface area contributed by atoms with Gasteiger partial charge < -0.3 is 9.64 Å². The van der Waals surface area contributed by atoms with Gasteiger partial charge in [0.05, 0.1) is 23.8 Å². The van der Waals surface area contributed by atoms with Crippen molar-refractivity contribution >= 4 is 22.0 Å². The maximum Gasteiger partial charge on any atom is 0.264 e. The number of rotatable bonds is 6. The number of aromatic nitrogens is 2. The van der Waals surface area contributed by atoms with Gasteiger partial charge in [-0.1, -0.05) is 30.3 Å². The zero-order valence-electron chi connectivity index (χ0n) is 20.3. The van der Waals surface area contributed by atoms with Crippen molar-refractivity contribution in [3.63, 3.8) is 0 Å². The zero-order valence-corrected chi connectivity index (χ0v) is 21.1. The van der Waals surface area contributed by atoms with Gasteiger partial charge in [-0.25, -0.2) is 13.1 Å². The lowest BCUT2D eigenvalue weighted by molar-refractivity contribution is -0.130. The van der Waals surface area contributed by atoms with Gasteiger partial charge in [-0.3, -0.25) is 4.79 Å². The first-order chi connectivity index (χ1) is 18.0. The Morgan fingerprint density at radius 1 is 1.00 bits per heavy atom. The Bertz CT molecular complexity index is 1460. The van der Waals surface area contributed by atoms with Crippen molar-refractivity contribution in [3.8, 4) is 23.0 Å². The van der Waals surface area contributed by atoms with E-state index in [0.29, 0.717) is 56.2 Å². The smallest absolute Gasteiger partial charge is 0.264 e. The van der Waals surface area contributed by atoms with E-state index in [-0.39, 0.29) is 16.4 Å². The van der Waals surface area contributed by atoms with E-state index in [1.165, 1.54) is 10.4 Å². The minimum absolute atomic E-state index is 0.0170. The molecule has 0 radical (unpaired) electrons. The van der Waals surface area contributed by atoms with E-state index >= 15 is 0 Å². The maximum atomic E-state index is 13.2. The Morgan fingerprint density at radius 2 is 1.73 bits per heavy atom. The summed E-state index contributed by atoms with van der Waals surface area (Å²) in [5.74, 6) is -0.366. The second-order valence-corrected chi connectivity index (χ2v) is 10.9. The highest BCUT2D eigenvalue weighted by Crippen LogP contribution is 2.29. The normalized spacial score (nSPS) is 17.1. The summed E-state index contributed by atoms with van der Waals surface area (Å²) in [7, 11) is -3.62. The molecule has 0 aliphatic carbocycles. The fraction of sp³-hybridized carbons (Fsp3) is 0.296. The van der Waals surface area contributed by atoms with Gasteiger partial charge in [0.15, 0.2) is 0 Å². The lowest BCUT2D eigenvalue weighted by Crippen LogP contribution is -2.41. The molecule has 0 N–H and O–H groups in total. The number of benzene rings is 2. The molecule has 2 saturated heterocycles. The number of morpholine rings is 1. The Hall–Kier alpha value is -3.78. The van der Waals surface area contributed by atoms with Gasteiger partial charge in [-0.15, -0.1) is 0 Å². The summed E-state index contributed by atoms with van der Waals surface area (Å²) in [5.41, 5.74) is 2.37. The average molecular weight is 518 g/mol. The molecule has 2 fully saturated rings. The number of para-hydroxylation sites is 1. The molecule has 3 heterocycles. The highest BCUT2D eigenvalue weighted by atomic mass is 32.2. The summed E-state index contributed by atoms with van der Waals surface area (Å²) < 4.78 is 34.9. The van der Waals surface area contributed by atoms with Crippen LogP contribution in [0.1, 0.15) is 18.4 Å². The number of nitriles is 1. The second-order valence-electron chi connectivity index (χ2n) is 8.93. The summed E-state index contributed by atoms with van der Waals surface area (Å²) in [6.45, 7) is 2.73. The topological polar surface area (TPSA) is 109 Å². The standard InChI is InChI=1S/C27H27N5O4S/c28-19-22(27(33)30-13-15-36-16-14-30)17-23-20-32(24-8-2-1-3-9-24)29-26(23)21-7-6-10-25(18-21)37(34,35)31-11-4-5-12-31/h1-3,6-10,17-18,20H,4-5,11-16H2/b22-17-. The monoisotopic (exact) mass is 517 g/mol. The molecular weight excluding hydrogens is 490 g/mol. The van der Waals surface area contributed by atoms with Crippen LogP contribution in [-0.2, 0) is 19.6 Å². The van der Waals surface area contributed by atoms with Crippen LogP contribution in [0.15, 0.2) is 71.3 Å². The van der Waals surface area contributed by atoms with E-state index in [0.717, 1.165) is 18.5 Å². The van der Waals surface area contributed by atoms with Crippen LogP contribution >= 0.6 is 0 Å². The van der Waals surface area contributed by atoms with E-state index in [1.54, 1.807) is 40.0 Å². The highest BCUT2D eigenvalue weighted by Gasteiger charge is 2.28. The Labute approximate surface area is 216 Å². The van der Waals surface area contributed by atoms with Gasteiger partial charge in [0, 0.05) is 43.5 Å². The molecule has 0 bridgehead atoms. The molecule has 2 aromatic carbocycles. The van der Waals surface area contributed by atoms with Crippen molar-refractivity contribution in [2.24, 2.45) is 0 Å². The number of ether oxygens (including phenoxy) is 1. The predicted octanol–water partition coefficient (Wildman–Crippen LogP) is 3.09. The van der Waals surface area contributed by atoms with Crippen molar-refractivity contribution in [2.45, 2.75) is 17.7 Å². The lowest BCUT2D eigenvalue weighted by atomic mass is 10.1. The number of hydrogen-bond donors (Lipinski definition) is 0. The van der Waals surface area contributed by atoms with Gasteiger partial charge >= 0.3 is 0 Å². The van der Waals surface area contributed by atoms with Crippen molar-refractivity contribution in [2.75, 3.05) is 39.4 Å². The molecule has 0 saturated carbocycles. The van der Waals surface area contributed by atoms with E-state index in [2.05, 4.69) is 0 Å². The van der Waals surface area contributed by atoms with Gasteiger partial charge in [-0.05, 0) is 43.2 Å². The number of nitrogens with zero attached hydrogens (tertiary/aromatic N) is 5. The zero-order chi connectivity index (χ0) is 25.8. The van der Waals surface area contributed by atoms with Crippen molar-refractivity contribution in [1.82, 2.24) is 19.0 Å². The Balaban J connectivity index is 1.58. The third-order valence-corrected chi connectivity index (χ3v) is 8.42. The van der Waals surface area contributed by atoms with Crippen LogP contribution in [0.25, 0.3) is 23.0 Å². The Kier molecular flexibility index (Phi) is 7.19. The first-order valence-corrected chi connectivity index (χ1v) is 13.7. The Morgan fingerprint density at radius 3 is 2.43 bits per heavy atom. The molecule has 1 amide bonds. The quantitative estimate of drug-likeness (QED) is 0.367. The highest BCUT2D eigenvalue weighted by molar-refractivity contribution is 7.89. The summed E-state index contributed by atoms with van der Waals surface area (Å²) >= 11 is 0. The average Bonchev–Trinajstić information content (AvgIpc) is 3.64. The van der Waals surface area contributed by atoms with Crippen molar-refractivity contribution in [3.05, 3.63) is 71.9 Å². The summed E-state index contributed by atoms with van der Waals surface area (Å²) in [4.78, 5) is 14.9. The minimum atomic E-state index is -3.62. The molecule has 3 aromatic rings. The third kappa shape index (κ3) is 5.20. The maximum absolute atomic E-state index is 13.2. The first kappa shape index (κ1) is 24.9. The van der Waals surface area contributed by atoms with E-state index in [1.807, 2.05) is 36.4 Å². The van der Waals surface area contributed by atoms with Crippen LogP contribution in [0.5, 0.6) is 0 Å². The van der Waals surface area contributed by atoms with E-state index in [9.17, 15) is 18.5 Å². The first-order valence-electron chi connectivity index (χ1n) is 12.2. The van der Waals surface area contributed by atoms with E-state index in [4.69, 9.17) is 9.84 Å². The number of amides is 1. The van der Waals surface area contributed by atoms with Gasteiger partial charge in [0.25, 0.3) is 5.91 Å². The predicted molar refractivity (Wildman–Crippen MR) is 138 cm³/mol. The third-order valence-electron chi connectivity index (χ3n) is 6.52. The molecule has 2 aliphatic rings. The molecule has 0 unspecified atom stereocenters. The van der Waals surface area contributed by atoms with E-state index < -0.39 is 10.0 Å². The molecule has 10 heteroatoms. The molecule has 9 nitrogen and oxygen atoms in total. The lowest BCUT2D eigenvalue weighted by Gasteiger charge is -2.26. The van der Waals surface area contributed by atoms with Crippen LogP contribution in [0.3, 0.4) is 0 Å². The van der Waals surface area contributed by atoms with Crippen LogP contribution in [0.4, 0.5) is 0 Å². The molecule has 0 spiro atoms.